The highest BCUT2D eigenvalue weighted by Crippen LogP contribution is 2.43. The molecule has 0 spiro atoms. The van der Waals surface area contributed by atoms with Crippen LogP contribution in [0.1, 0.15) is 61.1 Å². The van der Waals surface area contributed by atoms with Crippen molar-refractivity contribution in [3.05, 3.63) is 81.5 Å². The Hall–Kier alpha value is -5.52. The number of aliphatic hydroxyl groups is 1. The van der Waals surface area contributed by atoms with Crippen LogP contribution in [0, 0.1) is 24.1 Å². The van der Waals surface area contributed by atoms with E-state index in [-0.39, 0.29) is 29.6 Å². The molecule has 14 heteroatoms. The van der Waals surface area contributed by atoms with Crippen molar-refractivity contribution >= 4 is 51.3 Å². The number of amides is 2. The van der Waals surface area contributed by atoms with Crippen LogP contribution in [0.2, 0.25) is 0 Å². The van der Waals surface area contributed by atoms with Crippen LogP contribution in [-0.4, -0.2) is 95.9 Å². The van der Waals surface area contributed by atoms with Crippen LogP contribution in [0.15, 0.2) is 53.5 Å². The summed E-state index contributed by atoms with van der Waals surface area (Å²) in [4.78, 5) is 49.9. The number of carbonyl (C=O) groups is 2. The fourth-order valence-corrected chi connectivity index (χ4v) is 8.96. The first kappa shape index (κ1) is 37.4. The summed E-state index contributed by atoms with van der Waals surface area (Å²) in [5.74, 6) is -0.768. The quantitative estimate of drug-likeness (QED) is 0.232. The lowest BCUT2D eigenvalue weighted by Gasteiger charge is -2.43. The first-order chi connectivity index (χ1) is 26.9. The van der Waals surface area contributed by atoms with E-state index in [4.69, 9.17) is 0 Å². The van der Waals surface area contributed by atoms with E-state index in [1.165, 1.54) is 17.8 Å². The van der Waals surface area contributed by atoms with E-state index >= 15 is 4.39 Å². The average molecular weight is 762 g/mol. The molecular formula is C42H48FN9O4. The van der Waals surface area contributed by atoms with Gasteiger partial charge in [0.05, 0.1) is 51.7 Å². The first-order valence-electron chi connectivity index (χ1n) is 19.5. The van der Waals surface area contributed by atoms with Crippen molar-refractivity contribution < 1.29 is 19.1 Å². The molecular weight excluding hydrogens is 714 g/mol. The molecule has 3 N–H and O–H groups in total. The number of pyridine rings is 2. The Labute approximate surface area is 325 Å². The minimum absolute atomic E-state index is 0.0161. The number of benzene rings is 2. The van der Waals surface area contributed by atoms with Gasteiger partial charge in [-0.3, -0.25) is 19.7 Å². The number of hydrogen-bond acceptors (Lipinski definition) is 11. The number of aromatic nitrogens is 2. The molecule has 0 aliphatic carbocycles. The number of β-amino-alcohol motifs (C(OH)–C–C–N with tert-alkyl or cyclic N) is 1. The molecule has 4 aliphatic rings. The molecule has 4 aliphatic heterocycles. The fourth-order valence-electron chi connectivity index (χ4n) is 8.96. The van der Waals surface area contributed by atoms with E-state index in [0.29, 0.717) is 55.7 Å². The SMILES string of the molecule is Cc1cc2c(N3CCN(C)c4ccc(C#N)cc43)cc(C3CCN(CC4(O)CCN(c5ncc(NC6CCC(=O)NC6=O)cc5F)CC4)CC3)cc2n(C)c1=O. The van der Waals surface area contributed by atoms with Crippen LogP contribution in [-0.2, 0) is 16.6 Å². The van der Waals surface area contributed by atoms with Crippen molar-refractivity contribution in [2.75, 3.05) is 72.9 Å². The number of fused-ring (bicyclic) bond motifs is 2. The lowest BCUT2D eigenvalue weighted by molar-refractivity contribution is -0.133. The molecule has 0 radical (unpaired) electrons. The van der Waals surface area contributed by atoms with E-state index in [1.54, 1.807) is 4.57 Å². The van der Waals surface area contributed by atoms with E-state index < -0.39 is 23.4 Å². The van der Waals surface area contributed by atoms with Gasteiger partial charge in [0.2, 0.25) is 11.8 Å². The molecule has 2 aromatic carbocycles. The third-order valence-electron chi connectivity index (χ3n) is 12.3. The summed E-state index contributed by atoms with van der Waals surface area (Å²) in [5.41, 5.74) is 5.89. The summed E-state index contributed by atoms with van der Waals surface area (Å²) in [6.45, 7) is 6.50. The predicted molar refractivity (Wildman–Crippen MR) is 214 cm³/mol. The molecule has 13 nitrogen and oxygen atoms in total. The van der Waals surface area contributed by atoms with Crippen LogP contribution in [0.3, 0.4) is 0 Å². The van der Waals surface area contributed by atoms with Gasteiger partial charge in [0.1, 0.15) is 6.04 Å². The normalized spacial score (nSPS) is 20.5. The molecule has 0 saturated carbocycles. The maximum absolute atomic E-state index is 15.3. The highest BCUT2D eigenvalue weighted by Gasteiger charge is 2.37. The zero-order valence-electron chi connectivity index (χ0n) is 32.1. The number of nitrogens with one attached hydrogen (secondary N) is 2. The van der Waals surface area contributed by atoms with Gasteiger partial charge in [0, 0.05) is 70.3 Å². The maximum atomic E-state index is 15.3. The van der Waals surface area contributed by atoms with E-state index in [0.717, 1.165) is 67.0 Å². The number of rotatable bonds is 7. The van der Waals surface area contributed by atoms with Crippen LogP contribution in [0.4, 0.5) is 33.0 Å². The molecule has 3 fully saturated rings. The van der Waals surface area contributed by atoms with Crippen LogP contribution < -0.4 is 30.9 Å². The molecule has 2 amide bonds. The molecule has 3 saturated heterocycles. The topological polar surface area (TPSA) is 150 Å². The first-order valence-corrected chi connectivity index (χ1v) is 19.5. The highest BCUT2D eigenvalue weighted by molar-refractivity contribution is 6.01. The van der Waals surface area contributed by atoms with Gasteiger partial charge in [0.25, 0.3) is 5.56 Å². The number of carbonyl (C=O) groups excluding carboxylic acids is 2. The largest absolute Gasteiger partial charge is 0.388 e. The molecule has 6 heterocycles. The van der Waals surface area contributed by atoms with Gasteiger partial charge in [-0.2, -0.15) is 5.26 Å². The van der Waals surface area contributed by atoms with Crippen LogP contribution in [0.5, 0.6) is 0 Å². The standard InChI is InChI=1S/C42H48FN9O4/c1-26-18-31-35(49(3)41(26)55)20-29(21-36(31)52-17-16-48(2)34-6-4-27(23-44)19-37(34)52)28-8-12-50(13-9-28)25-42(56)10-14-51(15-11-42)39-32(43)22-30(24-45-39)46-33-5-7-38(53)47-40(33)54/h4,6,18-22,24,28,33,46,56H,5,7-17,25H2,1-3H3,(H,47,53,54). The number of piperidine rings is 3. The molecule has 292 valence electrons. The van der Waals surface area contributed by atoms with Crippen molar-refractivity contribution in [1.29, 1.82) is 5.26 Å². The Morgan fingerprint density at radius 2 is 1.73 bits per heavy atom. The monoisotopic (exact) mass is 761 g/mol. The van der Waals surface area contributed by atoms with Crippen LogP contribution in [0.25, 0.3) is 10.9 Å². The number of nitriles is 1. The number of anilines is 5. The summed E-state index contributed by atoms with van der Waals surface area (Å²) in [6, 6.07) is 15.3. The van der Waals surface area contributed by atoms with E-state index in [9.17, 15) is 24.8 Å². The molecule has 0 bridgehead atoms. The second kappa shape index (κ2) is 14.9. The van der Waals surface area contributed by atoms with Gasteiger partial charge in [0.15, 0.2) is 11.6 Å². The summed E-state index contributed by atoms with van der Waals surface area (Å²) in [6.07, 6.45) is 4.82. The lowest BCUT2D eigenvalue weighted by atomic mass is 9.86. The van der Waals surface area contributed by atoms with Crippen LogP contribution >= 0.6 is 0 Å². The summed E-state index contributed by atoms with van der Waals surface area (Å²) < 4.78 is 17.0. The number of hydrogen-bond donors (Lipinski definition) is 3. The Kier molecular flexibility index (Phi) is 9.92. The number of aryl methyl sites for hydroxylation is 2. The Balaban J connectivity index is 0.941. The third kappa shape index (κ3) is 7.17. The van der Waals surface area contributed by atoms with E-state index in [1.807, 2.05) is 43.1 Å². The summed E-state index contributed by atoms with van der Waals surface area (Å²) >= 11 is 0. The number of nitrogens with zero attached hydrogens (tertiary/aromatic N) is 7. The third-order valence-corrected chi connectivity index (χ3v) is 12.3. The predicted octanol–water partition coefficient (Wildman–Crippen LogP) is 4.27. The van der Waals surface area contributed by atoms with Crippen molar-refractivity contribution in [2.24, 2.45) is 7.05 Å². The molecule has 1 atom stereocenters. The Bertz CT molecular complexity index is 2310. The molecule has 4 aromatic rings. The van der Waals surface area contributed by atoms with Gasteiger partial charge < -0.3 is 34.6 Å². The lowest BCUT2D eigenvalue weighted by Crippen LogP contribution is -2.52. The number of likely N-dealkylation sites (N-methyl/N-ethyl adjacent to an activating group) is 1. The maximum Gasteiger partial charge on any atom is 0.253 e. The molecule has 56 heavy (non-hydrogen) atoms. The fraction of sp³-hybridized carbons (Fsp3) is 0.452. The second-order valence-corrected chi connectivity index (χ2v) is 16.0. The molecule has 2 aromatic heterocycles. The van der Waals surface area contributed by atoms with Gasteiger partial charge in [-0.15, -0.1) is 0 Å². The summed E-state index contributed by atoms with van der Waals surface area (Å²) in [7, 11) is 3.91. The van der Waals surface area contributed by atoms with Gasteiger partial charge in [-0.05, 0) is 100.0 Å². The number of halogens is 1. The smallest absolute Gasteiger partial charge is 0.253 e. The van der Waals surface area contributed by atoms with Gasteiger partial charge >= 0.3 is 0 Å². The minimum atomic E-state index is -0.906. The molecule has 8 rings (SSSR count). The van der Waals surface area contributed by atoms with E-state index in [2.05, 4.69) is 55.6 Å². The number of likely N-dealkylation sites (tertiary alicyclic amines) is 1. The second-order valence-electron chi connectivity index (χ2n) is 16.0. The zero-order valence-corrected chi connectivity index (χ0v) is 32.1. The van der Waals surface area contributed by atoms with Gasteiger partial charge in [-0.25, -0.2) is 9.37 Å². The van der Waals surface area contributed by atoms with Crippen molar-refractivity contribution in [1.82, 2.24) is 19.8 Å². The van der Waals surface area contributed by atoms with Gasteiger partial charge in [-0.1, -0.05) is 0 Å². The van der Waals surface area contributed by atoms with Crippen molar-refractivity contribution in [3.63, 3.8) is 0 Å². The number of imide groups is 1. The zero-order chi connectivity index (χ0) is 39.3. The minimum Gasteiger partial charge on any atom is -0.388 e. The highest BCUT2D eigenvalue weighted by atomic mass is 19.1. The Morgan fingerprint density at radius 3 is 2.45 bits per heavy atom. The van der Waals surface area contributed by atoms with Crippen molar-refractivity contribution in [2.45, 2.75) is 63.0 Å². The summed E-state index contributed by atoms with van der Waals surface area (Å²) in [5, 5.41) is 27.7. The Morgan fingerprint density at radius 1 is 0.964 bits per heavy atom. The average Bonchev–Trinajstić information content (AvgIpc) is 3.19. The molecule has 1 unspecified atom stereocenters. The van der Waals surface area contributed by atoms with Crippen molar-refractivity contribution in [3.8, 4) is 6.07 Å².